The largest absolute Gasteiger partial charge is 0.335 e. The molecule has 1 atom stereocenters. The summed E-state index contributed by atoms with van der Waals surface area (Å²) < 4.78 is 2.36. The normalized spacial score (nSPS) is 19.4. The molecule has 22 heavy (non-hydrogen) atoms. The Labute approximate surface area is 133 Å². The van der Waals surface area contributed by atoms with Crippen molar-refractivity contribution in [1.29, 1.82) is 0 Å². The fourth-order valence-corrected chi connectivity index (χ4v) is 3.33. The Balaban J connectivity index is 1.64. The van der Waals surface area contributed by atoms with E-state index in [0.717, 1.165) is 25.3 Å². The van der Waals surface area contributed by atoms with E-state index in [1.807, 2.05) is 18.5 Å². The summed E-state index contributed by atoms with van der Waals surface area (Å²) in [5.41, 5.74) is 1.16. The molecule has 0 spiro atoms. The highest BCUT2D eigenvalue weighted by atomic mass is 15.2. The minimum Gasteiger partial charge on any atom is -0.335 e. The van der Waals surface area contributed by atoms with Gasteiger partial charge < -0.3 is 4.57 Å². The molecule has 3 rings (SSSR count). The van der Waals surface area contributed by atoms with Crippen LogP contribution in [0.2, 0.25) is 0 Å². The van der Waals surface area contributed by atoms with Crippen molar-refractivity contribution in [3.05, 3.63) is 48.3 Å². The number of aryl methyl sites for hydroxylation is 1. The quantitative estimate of drug-likeness (QED) is 0.819. The lowest BCUT2D eigenvalue weighted by atomic mass is 9.97. The van der Waals surface area contributed by atoms with Crippen LogP contribution in [0.5, 0.6) is 0 Å². The van der Waals surface area contributed by atoms with Gasteiger partial charge in [0.2, 0.25) is 0 Å². The van der Waals surface area contributed by atoms with Crippen molar-refractivity contribution in [2.45, 2.75) is 51.6 Å². The topological polar surface area (TPSA) is 34.0 Å². The minimum atomic E-state index is 0.560. The van der Waals surface area contributed by atoms with Crippen LogP contribution in [0.4, 0.5) is 0 Å². The summed E-state index contributed by atoms with van der Waals surface area (Å²) >= 11 is 0. The molecular formula is C18H26N4. The SMILES string of the molecule is CCCCn1ccnc1[C@@H]1CCCN(Cc2ccccn2)C1. The second kappa shape index (κ2) is 7.54. The Kier molecular flexibility index (Phi) is 5.22. The molecule has 4 nitrogen and oxygen atoms in total. The van der Waals surface area contributed by atoms with Crippen molar-refractivity contribution < 1.29 is 0 Å². The van der Waals surface area contributed by atoms with Crippen molar-refractivity contribution in [3.63, 3.8) is 0 Å². The number of pyridine rings is 1. The predicted octanol–water partition coefficient (Wildman–Crippen LogP) is 3.46. The monoisotopic (exact) mass is 298 g/mol. The molecule has 0 aromatic carbocycles. The van der Waals surface area contributed by atoms with E-state index in [0.29, 0.717) is 5.92 Å². The number of rotatable bonds is 6. The molecule has 0 amide bonds. The molecule has 1 saturated heterocycles. The Morgan fingerprint density at radius 2 is 2.18 bits per heavy atom. The summed E-state index contributed by atoms with van der Waals surface area (Å²) in [6.07, 6.45) is 10.9. The van der Waals surface area contributed by atoms with Crippen LogP contribution in [-0.4, -0.2) is 32.5 Å². The highest BCUT2D eigenvalue weighted by molar-refractivity contribution is 5.06. The van der Waals surface area contributed by atoms with Gasteiger partial charge in [0.15, 0.2) is 0 Å². The van der Waals surface area contributed by atoms with E-state index < -0.39 is 0 Å². The first-order valence-electron chi connectivity index (χ1n) is 8.50. The summed E-state index contributed by atoms with van der Waals surface area (Å²) in [7, 11) is 0. The van der Waals surface area contributed by atoms with Crippen LogP contribution >= 0.6 is 0 Å². The third-order valence-corrected chi connectivity index (χ3v) is 4.48. The molecule has 1 aliphatic rings. The van der Waals surface area contributed by atoms with Gasteiger partial charge in [-0.3, -0.25) is 9.88 Å². The van der Waals surface area contributed by atoms with Gasteiger partial charge in [-0.25, -0.2) is 4.98 Å². The third kappa shape index (κ3) is 3.74. The zero-order valence-electron chi connectivity index (χ0n) is 13.5. The standard InChI is InChI=1S/C18H26N4/c1-2-3-12-22-13-10-20-18(22)16-7-6-11-21(14-16)15-17-8-4-5-9-19-17/h4-5,8-10,13,16H,2-3,6-7,11-12,14-15H2,1H3/t16-/m1/s1. The molecule has 0 unspecified atom stereocenters. The van der Waals surface area contributed by atoms with Gasteiger partial charge in [0.1, 0.15) is 5.82 Å². The first-order chi connectivity index (χ1) is 10.9. The van der Waals surface area contributed by atoms with E-state index in [4.69, 9.17) is 0 Å². The van der Waals surface area contributed by atoms with Gasteiger partial charge in [0.25, 0.3) is 0 Å². The molecule has 2 aromatic heterocycles. The first kappa shape index (κ1) is 15.2. The van der Waals surface area contributed by atoms with Gasteiger partial charge in [-0.05, 0) is 37.9 Å². The fourth-order valence-electron chi connectivity index (χ4n) is 3.33. The van der Waals surface area contributed by atoms with Crippen molar-refractivity contribution in [3.8, 4) is 0 Å². The molecule has 0 N–H and O–H groups in total. The number of piperidine rings is 1. The van der Waals surface area contributed by atoms with Crippen molar-refractivity contribution in [2.24, 2.45) is 0 Å². The second-order valence-corrected chi connectivity index (χ2v) is 6.23. The summed E-state index contributed by atoms with van der Waals surface area (Å²) in [6, 6.07) is 6.17. The molecule has 2 aromatic rings. The lowest BCUT2D eigenvalue weighted by molar-refractivity contribution is 0.192. The summed E-state index contributed by atoms with van der Waals surface area (Å²) in [5, 5.41) is 0. The maximum atomic E-state index is 4.65. The Morgan fingerprint density at radius 3 is 3.00 bits per heavy atom. The number of aromatic nitrogens is 3. The van der Waals surface area contributed by atoms with Gasteiger partial charge in [-0.1, -0.05) is 19.4 Å². The lowest BCUT2D eigenvalue weighted by Crippen LogP contribution is -2.35. The number of hydrogen-bond donors (Lipinski definition) is 0. The molecular weight excluding hydrogens is 272 g/mol. The van der Waals surface area contributed by atoms with Crippen LogP contribution in [0.15, 0.2) is 36.8 Å². The van der Waals surface area contributed by atoms with Crippen molar-refractivity contribution >= 4 is 0 Å². The molecule has 0 aliphatic carbocycles. The lowest BCUT2D eigenvalue weighted by Gasteiger charge is -2.32. The highest BCUT2D eigenvalue weighted by Crippen LogP contribution is 2.26. The number of hydrogen-bond acceptors (Lipinski definition) is 3. The van der Waals surface area contributed by atoms with Crippen LogP contribution in [-0.2, 0) is 13.1 Å². The molecule has 0 radical (unpaired) electrons. The van der Waals surface area contributed by atoms with Crippen LogP contribution in [0, 0.1) is 0 Å². The molecule has 0 bridgehead atoms. The maximum absolute atomic E-state index is 4.65. The number of imidazole rings is 1. The van der Waals surface area contributed by atoms with Crippen molar-refractivity contribution in [2.75, 3.05) is 13.1 Å². The van der Waals surface area contributed by atoms with Gasteiger partial charge in [0.05, 0.1) is 5.69 Å². The van der Waals surface area contributed by atoms with E-state index >= 15 is 0 Å². The van der Waals surface area contributed by atoms with E-state index in [1.54, 1.807) is 0 Å². The smallest absolute Gasteiger partial charge is 0.113 e. The Hall–Kier alpha value is -1.68. The Bertz CT molecular complexity index is 563. The number of unbranched alkanes of at least 4 members (excludes halogenated alkanes) is 1. The van der Waals surface area contributed by atoms with Crippen LogP contribution < -0.4 is 0 Å². The summed E-state index contributed by atoms with van der Waals surface area (Å²) in [5.74, 6) is 1.84. The highest BCUT2D eigenvalue weighted by Gasteiger charge is 2.24. The summed E-state index contributed by atoms with van der Waals surface area (Å²) in [4.78, 5) is 11.6. The first-order valence-corrected chi connectivity index (χ1v) is 8.50. The number of likely N-dealkylation sites (tertiary alicyclic amines) is 1. The zero-order valence-corrected chi connectivity index (χ0v) is 13.5. The average molecular weight is 298 g/mol. The molecule has 0 saturated carbocycles. The molecule has 3 heterocycles. The zero-order chi connectivity index (χ0) is 15.2. The van der Waals surface area contributed by atoms with E-state index in [-0.39, 0.29) is 0 Å². The minimum absolute atomic E-state index is 0.560. The molecule has 1 aliphatic heterocycles. The average Bonchev–Trinajstić information content (AvgIpc) is 3.02. The van der Waals surface area contributed by atoms with Gasteiger partial charge in [0, 0.05) is 44.1 Å². The fraction of sp³-hybridized carbons (Fsp3) is 0.556. The van der Waals surface area contributed by atoms with Gasteiger partial charge in [-0.15, -0.1) is 0 Å². The van der Waals surface area contributed by atoms with E-state index in [2.05, 4.69) is 44.7 Å². The van der Waals surface area contributed by atoms with E-state index in [9.17, 15) is 0 Å². The molecule has 118 valence electrons. The number of nitrogens with zero attached hydrogens (tertiary/aromatic N) is 4. The predicted molar refractivity (Wildman–Crippen MR) is 88.6 cm³/mol. The Morgan fingerprint density at radius 1 is 1.23 bits per heavy atom. The second-order valence-electron chi connectivity index (χ2n) is 6.23. The van der Waals surface area contributed by atoms with Crippen LogP contribution in [0.25, 0.3) is 0 Å². The third-order valence-electron chi connectivity index (χ3n) is 4.48. The van der Waals surface area contributed by atoms with Crippen molar-refractivity contribution in [1.82, 2.24) is 19.4 Å². The summed E-state index contributed by atoms with van der Waals surface area (Å²) in [6.45, 7) is 6.56. The van der Waals surface area contributed by atoms with Crippen LogP contribution in [0.1, 0.15) is 50.0 Å². The maximum Gasteiger partial charge on any atom is 0.113 e. The van der Waals surface area contributed by atoms with Crippen LogP contribution in [0.3, 0.4) is 0 Å². The molecule has 1 fully saturated rings. The molecule has 4 heteroatoms. The van der Waals surface area contributed by atoms with Gasteiger partial charge >= 0.3 is 0 Å². The van der Waals surface area contributed by atoms with Gasteiger partial charge in [-0.2, -0.15) is 0 Å². The van der Waals surface area contributed by atoms with E-state index in [1.165, 1.54) is 38.1 Å².